The number of fused-ring (bicyclic) bond motifs is 1. The number of hydrogen-bond donors (Lipinski definition) is 0. The normalized spacial score (nSPS) is 12.4. The molecular formula is C21H29N3O4S. The smallest absolute Gasteiger partial charge is 0.307 e. The van der Waals surface area contributed by atoms with Gasteiger partial charge in [-0.15, -0.1) is 0 Å². The van der Waals surface area contributed by atoms with Crippen LogP contribution in [0.3, 0.4) is 0 Å². The molecule has 0 unspecified atom stereocenters. The molecule has 7 nitrogen and oxygen atoms in total. The Kier molecular flexibility index (Phi) is 7.84. The molecule has 0 bridgehead atoms. The van der Waals surface area contributed by atoms with Crippen LogP contribution in [0.1, 0.15) is 41.0 Å². The summed E-state index contributed by atoms with van der Waals surface area (Å²) in [5.74, 6) is -0.419. The molecule has 0 saturated carbocycles. The molecule has 1 atom stereocenters. The molecule has 2 rings (SSSR count). The van der Waals surface area contributed by atoms with Gasteiger partial charge in [-0.25, -0.2) is 4.98 Å². The Labute approximate surface area is 175 Å². The lowest BCUT2D eigenvalue weighted by Gasteiger charge is -2.33. The summed E-state index contributed by atoms with van der Waals surface area (Å²) >= 11 is 1.24. The number of carbonyl (C=O) groups is 2. The number of amides is 1. The number of hydrogen-bond acceptors (Lipinski definition) is 6. The summed E-state index contributed by atoms with van der Waals surface area (Å²) in [7, 11) is 1.31. The fraction of sp³-hybridized carbons (Fsp3) is 0.524. The van der Waals surface area contributed by atoms with Crippen molar-refractivity contribution in [1.82, 2.24) is 14.5 Å². The van der Waals surface area contributed by atoms with E-state index in [4.69, 9.17) is 4.74 Å². The number of aromatic nitrogens is 2. The molecule has 1 amide bonds. The highest BCUT2D eigenvalue weighted by atomic mass is 32.2. The maximum atomic E-state index is 13.0. The Morgan fingerprint density at radius 1 is 1.14 bits per heavy atom. The highest BCUT2D eigenvalue weighted by Gasteiger charge is 2.27. The first-order chi connectivity index (χ1) is 13.7. The molecule has 0 aliphatic heterocycles. The molecule has 29 heavy (non-hydrogen) atoms. The van der Waals surface area contributed by atoms with Crippen molar-refractivity contribution in [3.63, 3.8) is 0 Å². The van der Waals surface area contributed by atoms with Crippen LogP contribution in [0, 0.1) is 0 Å². The Bertz CT molecular complexity index is 931. The molecular weight excluding hydrogens is 390 g/mol. The van der Waals surface area contributed by atoms with Gasteiger partial charge in [0, 0.05) is 18.6 Å². The standard InChI is InChI=1S/C21H29N3O4S/c1-13(2)24(14(3)4)19(26)15(5)29-21-22-17-10-8-7-9-16(17)20(27)23(21)12-11-18(25)28-6/h7-10,13-15H,11-12H2,1-6H3/t15-/m1/s1. The van der Waals surface area contributed by atoms with Crippen LogP contribution in [0.25, 0.3) is 10.9 Å². The van der Waals surface area contributed by atoms with Crippen LogP contribution in [0.4, 0.5) is 0 Å². The second-order valence-corrected chi connectivity index (χ2v) is 8.70. The van der Waals surface area contributed by atoms with E-state index < -0.39 is 11.2 Å². The summed E-state index contributed by atoms with van der Waals surface area (Å²) in [6.45, 7) is 9.89. The minimum Gasteiger partial charge on any atom is -0.469 e. The maximum absolute atomic E-state index is 13.0. The zero-order valence-electron chi connectivity index (χ0n) is 17.8. The van der Waals surface area contributed by atoms with Crippen molar-refractivity contribution >= 4 is 34.5 Å². The molecule has 0 N–H and O–H groups in total. The van der Waals surface area contributed by atoms with Gasteiger partial charge in [0.25, 0.3) is 5.56 Å². The number of benzene rings is 1. The molecule has 0 fully saturated rings. The number of esters is 1. The Morgan fingerprint density at radius 2 is 1.76 bits per heavy atom. The van der Waals surface area contributed by atoms with Gasteiger partial charge in [0.2, 0.25) is 5.91 Å². The summed E-state index contributed by atoms with van der Waals surface area (Å²) in [6.07, 6.45) is 0.0520. The van der Waals surface area contributed by atoms with Crippen molar-refractivity contribution in [3.05, 3.63) is 34.6 Å². The second kappa shape index (κ2) is 9.91. The first-order valence-corrected chi connectivity index (χ1v) is 10.6. The quantitative estimate of drug-likeness (QED) is 0.372. The molecule has 158 valence electrons. The monoisotopic (exact) mass is 419 g/mol. The fourth-order valence-electron chi connectivity index (χ4n) is 3.26. The third-order valence-corrected chi connectivity index (χ3v) is 5.67. The maximum Gasteiger partial charge on any atom is 0.307 e. The van der Waals surface area contributed by atoms with E-state index in [2.05, 4.69) is 4.98 Å². The highest BCUT2D eigenvalue weighted by molar-refractivity contribution is 8.00. The van der Waals surface area contributed by atoms with Crippen LogP contribution in [0.5, 0.6) is 0 Å². The van der Waals surface area contributed by atoms with Crippen LogP contribution in [0.15, 0.2) is 34.2 Å². The van der Waals surface area contributed by atoms with Crippen molar-refractivity contribution in [2.24, 2.45) is 0 Å². The van der Waals surface area contributed by atoms with Gasteiger partial charge in [0.05, 0.1) is 29.7 Å². The van der Waals surface area contributed by atoms with Gasteiger partial charge in [-0.05, 0) is 46.8 Å². The molecule has 1 aromatic carbocycles. The topological polar surface area (TPSA) is 81.5 Å². The van der Waals surface area contributed by atoms with E-state index in [1.54, 1.807) is 18.2 Å². The van der Waals surface area contributed by atoms with E-state index in [1.165, 1.54) is 23.4 Å². The third-order valence-electron chi connectivity index (χ3n) is 4.59. The van der Waals surface area contributed by atoms with E-state index in [0.717, 1.165) is 0 Å². The van der Waals surface area contributed by atoms with E-state index in [1.807, 2.05) is 45.6 Å². The SMILES string of the molecule is COC(=O)CCn1c(S[C@H](C)C(=O)N(C(C)C)C(C)C)nc2ccccc2c1=O. The summed E-state index contributed by atoms with van der Waals surface area (Å²) < 4.78 is 6.16. The van der Waals surface area contributed by atoms with Crippen LogP contribution in [-0.4, -0.2) is 50.8 Å². The molecule has 1 aromatic heterocycles. The van der Waals surface area contributed by atoms with Gasteiger partial charge in [0.15, 0.2) is 5.16 Å². The molecule has 0 aliphatic carbocycles. The van der Waals surface area contributed by atoms with Crippen molar-refractivity contribution < 1.29 is 14.3 Å². The molecule has 0 radical (unpaired) electrons. The molecule has 8 heteroatoms. The van der Waals surface area contributed by atoms with Gasteiger partial charge < -0.3 is 9.64 Å². The van der Waals surface area contributed by atoms with Crippen LogP contribution < -0.4 is 5.56 Å². The number of nitrogens with zero attached hydrogens (tertiary/aromatic N) is 3. The van der Waals surface area contributed by atoms with Gasteiger partial charge in [-0.3, -0.25) is 19.0 Å². The van der Waals surface area contributed by atoms with Crippen molar-refractivity contribution in [2.45, 2.75) is 70.1 Å². The van der Waals surface area contributed by atoms with Crippen LogP contribution in [-0.2, 0) is 20.9 Å². The summed E-state index contributed by atoms with van der Waals surface area (Å²) in [6, 6.07) is 7.20. The fourth-order valence-corrected chi connectivity index (χ4v) is 4.25. The number of carbonyl (C=O) groups excluding carboxylic acids is 2. The van der Waals surface area contributed by atoms with Crippen LogP contribution in [0.2, 0.25) is 0 Å². The molecule has 0 spiro atoms. The molecule has 2 aromatic rings. The van der Waals surface area contributed by atoms with Crippen molar-refractivity contribution in [3.8, 4) is 0 Å². The van der Waals surface area contributed by atoms with Gasteiger partial charge >= 0.3 is 5.97 Å². The lowest BCUT2D eigenvalue weighted by atomic mass is 10.2. The van der Waals surface area contributed by atoms with Crippen molar-refractivity contribution in [1.29, 1.82) is 0 Å². The average molecular weight is 420 g/mol. The lowest BCUT2D eigenvalue weighted by Crippen LogP contribution is -2.45. The molecule has 0 aliphatic rings. The number of methoxy groups -OCH3 is 1. The highest BCUT2D eigenvalue weighted by Crippen LogP contribution is 2.25. The van der Waals surface area contributed by atoms with Gasteiger partial charge in [-0.2, -0.15) is 0 Å². The number of rotatable bonds is 8. The van der Waals surface area contributed by atoms with Crippen molar-refractivity contribution in [2.75, 3.05) is 7.11 Å². The van der Waals surface area contributed by atoms with Crippen LogP contribution >= 0.6 is 11.8 Å². The summed E-state index contributed by atoms with van der Waals surface area (Å²) in [5.41, 5.74) is 0.338. The first kappa shape index (κ1) is 22.9. The molecule has 1 heterocycles. The van der Waals surface area contributed by atoms with Gasteiger partial charge in [0.1, 0.15) is 0 Å². The van der Waals surface area contributed by atoms with E-state index in [0.29, 0.717) is 16.1 Å². The lowest BCUT2D eigenvalue weighted by molar-refractivity contribution is -0.141. The zero-order chi connectivity index (χ0) is 21.7. The second-order valence-electron chi connectivity index (χ2n) is 7.39. The Hall–Kier alpha value is -2.35. The van der Waals surface area contributed by atoms with E-state index in [-0.39, 0.29) is 36.5 Å². The summed E-state index contributed by atoms with van der Waals surface area (Å²) in [5, 5.41) is 0.467. The Morgan fingerprint density at radius 3 is 2.34 bits per heavy atom. The minimum absolute atomic E-state index is 0.0121. The largest absolute Gasteiger partial charge is 0.469 e. The predicted octanol–water partition coefficient (Wildman–Crippen LogP) is 3.09. The average Bonchev–Trinajstić information content (AvgIpc) is 2.66. The summed E-state index contributed by atoms with van der Waals surface area (Å²) in [4.78, 5) is 44.1. The number of thioether (sulfide) groups is 1. The number of para-hydroxylation sites is 1. The minimum atomic E-state index is -0.433. The van der Waals surface area contributed by atoms with E-state index in [9.17, 15) is 14.4 Å². The predicted molar refractivity (Wildman–Crippen MR) is 115 cm³/mol. The first-order valence-electron chi connectivity index (χ1n) is 9.72. The van der Waals surface area contributed by atoms with E-state index >= 15 is 0 Å². The molecule has 0 saturated heterocycles. The van der Waals surface area contributed by atoms with Gasteiger partial charge in [-0.1, -0.05) is 23.9 Å². The number of ether oxygens (including phenoxy) is 1. The third kappa shape index (κ3) is 5.38. The zero-order valence-corrected chi connectivity index (χ0v) is 18.7. The Balaban J connectivity index is 2.43.